The van der Waals surface area contributed by atoms with Crippen LogP contribution >= 0.6 is 0 Å². The van der Waals surface area contributed by atoms with Crippen molar-refractivity contribution in [3.8, 4) is 0 Å². The van der Waals surface area contributed by atoms with E-state index in [1.165, 1.54) is 0 Å². The summed E-state index contributed by atoms with van der Waals surface area (Å²) in [4.78, 5) is 32.7. The standard InChI is InChI=1S/C12H15F3O7/c1-5(16)19-9-4-8(22-11(9)21-7(3)18)10(12(13,14)15)20-6(2)17/h8-11H,4H2,1-3H3/t8-,9+,10?,11?/m0/s1. The molecule has 1 rings (SSSR count). The van der Waals surface area contributed by atoms with Crippen LogP contribution < -0.4 is 0 Å². The van der Waals surface area contributed by atoms with E-state index < -0.39 is 55.1 Å². The molecule has 0 saturated carbocycles. The van der Waals surface area contributed by atoms with E-state index in [-0.39, 0.29) is 0 Å². The third-order valence-corrected chi connectivity index (χ3v) is 2.63. The lowest BCUT2D eigenvalue weighted by atomic mass is 10.1. The molecule has 0 spiro atoms. The molecule has 4 atom stereocenters. The van der Waals surface area contributed by atoms with Gasteiger partial charge in [0.1, 0.15) is 6.10 Å². The van der Waals surface area contributed by atoms with Gasteiger partial charge in [0.15, 0.2) is 6.10 Å². The van der Waals surface area contributed by atoms with E-state index in [0.717, 1.165) is 20.8 Å². The lowest BCUT2D eigenvalue weighted by Gasteiger charge is -2.24. The van der Waals surface area contributed by atoms with E-state index >= 15 is 0 Å². The molecule has 7 nitrogen and oxygen atoms in total. The average Bonchev–Trinajstić information content (AvgIpc) is 2.65. The quantitative estimate of drug-likeness (QED) is 0.564. The monoisotopic (exact) mass is 328 g/mol. The van der Waals surface area contributed by atoms with Crippen LogP contribution in [0.25, 0.3) is 0 Å². The maximum atomic E-state index is 12.9. The van der Waals surface area contributed by atoms with Crippen LogP contribution in [0.3, 0.4) is 0 Å². The van der Waals surface area contributed by atoms with Crippen LogP contribution in [0.2, 0.25) is 0 Å². The fourth-order valence-corrected chi connectivity index (χ4v) is 1.97. The second-order valence-corrected chi connectivity index (χ2v) is 4.61. The van der Waals surface area contributed by atoms with Crippen molar-refractivity contribution in [3.63, 3.8) is 0 Å². The first-order valence-corrected chi connectivity index (χ1v) is 6.24. The molecule has 126 valence electrons. The van der Waals surface area contributed by atoms with Gasteiger partial charge < -0.3 is 18.9 Å². The fourth-order valence-electron chi connectivity index (χ4n) is 1.97. The summed E-state index contributed by atoms with van der Waals surface area (Å²) < 4.78 is 57.5. The van der Waals surface area contributed by atoms with Crippen molar-refractivity contribution in [3.05, 3.63) is 0 Å². The van der Waals surface area contributed by atoms with Crippen LogP contribution in [-0.2, 0) is 33.3 Å². The van der Waals surface area contributed by atoms with Crippen molar-refractivity contribution < 1.29 is 46.5 Å². The van der Waals surface area contributed by atoms with Gasteiger partial charge in [-0.15, -0.1) is 0 Å². The number of ether oxygens (including phenoxy) is 4. The number of rotatable bonds is 4. The first-order valence-electron chi connectivity index (χ1n) is 6.24. The zero-order valence-corrected chi connectivity index (χ0v) is 12.0. The molecule has 1 aliphatic rings. The summed E-state index contributed by atoms with van der Waals surface area (Å²) in [7, 11) is 0. The maximum absolute atomic E-state index is 12.9. The van der Waals surface area contributed by atoms with Gasteiger partial charge in [-0.2, -0.15) is 13.2 Å². The zero-order valence-electron chi connectivity index (χ0n) is 12.0. The molecule has 0 radical (unpaired) electrons. The molecule has 1 fully saturated rings. The van der Waals surface area contributed by atoms with Crippen molar-refractivity contribution >= 4 is 17.9 Å². The highest BCUT2D eigenvalue weighted by Gasteiger charge is 2.54. The van der Waals surface area contributed by atoms with Crippen LogP contribution in [0.4, 0.5) is 13.2 Å². The predicted octanol–water partition coefficient (Wildman–Crippen LogP) is 1.09. The van der Waals surface area contributed by atoms with E-state index in [0.29, 0.717) is 0 Å². The third kappa shape index (κ3) is 5.17. The minimum atomic E-state index is -4.89. The first-order chi connectivity index (χ1) is 10.0. The fraction of sp³-hybridized carbons (Fsp3) is 0.750. The molecule has 0 aromatic rings. The molecule has 1 aliphatic heterocycles. The summed E-state index contributed by atoms with van der Waals surface area (Å²) in [6.07, 6.45) is -12.2. The lowest BCUT2D eigenvalue weighted by Crippen LogP contribution is -2.43. The Morgan fingerprint density at radius 3 is 2.00 bits per heavy atom. The van der Waals surface area contributed by atoms with Gasteiger partial charge in [-0.25, -0.2) is 0 Å². The second kappa shape index (κ2) is 6.95. The molecule has 1 saturated heterocycles. The van der Waals surface area contributed by atoms with Gasteiger partial charge in [0.2, 0.25) is 12.4 Å². The van der Waals surface area contributed by atoms with Gasteiger partial charge in [0, 0.05) is 27.2 Å². The molecule has 0 N–H and O–H groups in total. The minimum absolute atomic E-state index is 0.436. The molecule has 0 aromatic carbocycles. The Morgan fingerprint density at radius 1 is 1.05 bits per heavy atom. The van der Waals surface area contributed by atoms with Crippen LogP contribution in [0.5, 0.6) is 0 Å². The molecule has 10 heteroatoms. The van der Waals surface area contributed by atoms with Gasteiger partial charge >= 0.3 is 24.1 Å². The predicted molar refractivity (Wildman–Crippen MR) is 62.2 cm³/mol. The van der Waals surface area contributed by atoms with Crippen LogP contribution in [0.15, 0.2) is 0 Å². The number of hydrogen-bond donors (Lipinski definition) is 0. The highest BCUT2D eigenvalue weighted by atomic mass is 19.4. The van der Waals surface area contributed by atoms with Crippen molar-refractivity contribution in [2.45, 2.75) is 58.0 Å². The van der Waals surface area contributed by atoms with E-state index in [2.05, 4.69) is 9.47 Å². The zero-order chi connectivity index (χ0) is 17.1. The Morgan fingerprint density at radius 2 is 1.59 bits per heavy atom. The second-order valence-electron chi connectivity index (χ2n) is 4.61. The molecular weight excluding hydrogens is 313 g/mol. The van der Waals surface area contributed by atoms with E-state index in [1.54, 1.807) is 0 Å². The molecule has 1 heterocycles. The largest absolute Gasteiger partial charge is 0.456 e. The van der Waals surface area contributed by atoms with Crippen molar-refractivity contribution in [2.24, 2.45) is 0 Å². The van der Waals surface area contributed by atoms with Crippen molar-refractivity contribution in [1.82, 2.24) is 0 Å². The molecule has 0 aromatic heterocycles. The lowest BCUT2D eigenvalue weighted by molar-refractivity contribution is -0.256. The molecule has 0 bridgehead atoms. The highest BCUT2D eigenvalue weighted by Crippen LogP contribution is 2.35. The smallest absolute Gasteiger partial charge is 0.428 e. The number of halogens is 3. The van der Waals surface area contributed by atoms with Crippen LogP contribution in [0, 0.1) is 0 Å². The molecule has 0 aliphatic carbocycles. The summed E-state index contributed by atoms with van der Waals surface area (Å²) in [5.41, 5.74) is 0. The van der Waals surface area contributed by atoms with E-state index in [9.17, 15) is 27.6 Å². The van der Waals surface area contributed by atoms with E-state index in [4.69, 9.17) is 9.47 Å². The Kier molecular flexibility index (Phi) is 5.75. The van der Waals surface area contributed by atoms with Crippen LogP contribution in [0.1, 0.15) is 27.2 Å². The minimum Gasteiger partial charge on any atom is -0.456 e. The van der Waals surface area contributed by atoms with Gasteiger partial charge in [-0.3, -0.25) is 14.4 Å². The van der Waals surface area contributed by atoms with E-state index in [1.807, 2.05) is 0 Å². The number of carbonyl (C=O) groups is 3. The normalized spacial score (nSPS) is 26.2. The van der Waals surface area contributed by atoms with Gasteiger partial charge in [-0.1, -0.05) is 0 Å². The third-order valence-electron chi connectivity index (χ3n) is 2.63. The average molecular weight is 328 g/mol. The number of esters is 3. The number of alkyl halides is 3. The summed E-state index contributed by atoms with van der Waals surface area (Å²) in [6.45, 7) is 2.89. The Balaban J connectivity index is 2.91. The molecular formula is C12H15F3O7. The Labute approximate surface area is 123 Å². The summed E-state index contributed by atoms with van der Waals surface area (Å²) in [6, 6.07) is 0. The summed E-state index contributed by atoms with van der Waals surface area (Å²) in [5, 5.41) is 0. The van der Waals surface area contributed by atoms with Crippen LogP contribution in [-0.4, -0.2) is 48.7 Å². The summed E-state index contributed by atoms with van der Waals surface area (Å²) in [5.74, 6) is -2.74. The molecule has 2 unspecified atom stereocenters. The number of hydrogen-bond acceptors (Lipinski definition) is 7. The topological polar surface area (TPSA) is 88.1 Å². The van der Waals surface area contributed by atoms with Crippen molar-refractivity contribution in [2.75, 3.05) is 0 Å². The SMILES string of the molecule is CC(=O)OC1O[C@H](C(OC(C)=O)C(F)(F)F)C[C@H]1OC(C)=O. The van der Waals surface area contributed by atoms with Gasteiger partial charge in [-0.05, 0) is 0 Å². The molecule has 0 amide bonds. The van der Waals surface area contributed by atoms with Gasteiger partial charge in [0.05, 0.1) is 0 Å². The Bertz CT molecular complexity index is 424. The van der Waals surface area contributed by atoms with Gasteiger partial charge in [0.25, 0.3) is 0 Å². The maximum Gasteiger partial charge on any atom is 0.428 e. The highest BCUT2D eigenvalue weighted by molar-refractivity contribution is 5.67. The number of carbonyl (C=O) groups excluding carboxylic acids is 3. The summed E-state index contributed by atoms with van der Waals surface area (Å²) >= 11 is 0. The molecule has 22 heavy (non-hydrogen) atoms. The van der Waals surface area contributed by atoms with Crippen molar-refractivity contribution in [1.29, 1.82) is 0 Å². The first kappa shape index (κ1) is 18.2. The Hall–Kier alpha value is -1.84.